The fourth-order valence-corrected chi connectivity index (χ4v) is 6.23. The summed E-state index contributed by atoms with van der Waals surface area (Å²) in [5, 5.41) is 10.2. The third-order valence-corrected chi connectivity index (χ3v) is 7.92. The molecule has 1 unspecified atom stereocenters. The first-order chi connectivity index (χ1) is 17.3. The summed E-state index contributed by atoms with van der Waals surface area (Å²) in [6.45, 7) is 3.80. The Morgan fingerprint density at radius 1 is 1.11 bits per heavy atom. The highest BCUT2D eigenvalue weighted by Crippen LogP contribution is 2.57. The monoisotopic (exact) mass is 496 g/mol. The van der Waals surface area contributed by atoms with Crippen LogP contribution in [0.3, 0.4) is 0 Å². The number of hydrogen-bond donors (Lipinski definition) is 1. The summed E-state index contributed by atoms with van der Waals surface area (Å²) < 4.78 is 17.4. The van der Waals surface area contributed by atoms with Gasteiger partial charge in [-0.15, -0.1) is 0 Å². The van der Waals surface area contributed by atoms with Gasteiger partial charge >= 0.3 is 5.97 Å². The molecule has 4 aliphatic heterocycles. The molecule has 36 heavy (non-hydrogen) atoms. The van der Waals surface area contributed by atoms with Crippen LogP contribution in [0.5, 0.6) is 5.75 Å². The molecule has 2 saturated heterocycles. The van der Waals surface area contributed by atoms with Crippen LogP contribution < -0.4 is 9.64 Å². The van der Waals surface area contributed by atoms with Crippen molar-refractivity contribution in [3.8, 4) is 5.75 Å². The Hall–Kier alpha value is -3.17. The minimum atomic E-state index is -1.38. The highest BCUT2D eigenvalue weighted by molar-refractivity contribution is 6.05. The number of aliphatic hydroxyl groups excluding tert-OH is 1. The summed E-state index contributed by atoms with van der Waals surface area (Å²) in [4.78, 5) is 44.7. The van der Waals surface area contributed by atoms with E-state index in [1.165, 1.54) is 4.90 Å². The van der Waals surface area contributed by atoms with Crippen molar-refractivity contribution in [3.63, 3.8) is 0 Å². The molecule has 4 aliphatic rings. The smallest absolute Gasteiger partial charge is 0.313 e. The van der Waals surface area contributed by atoms with Gasteiger partial charge in [-0.3, -0.25) is 14.4 Å². The summed E-state index contributed by atoms with van der Waals surface area (Å²) in [7, 11) is 1.57. The number of aliphatic hydroxyl groups is 1. The van der Waals surface area contributed by atoms with Crippen molar-refractivity contribution in [1.29, 1.82) is 0 Å². The molecule has 2 amide bonds. The van der Waals surface area contributed by atoms with Gasteiger partial charge in [0.1, 0.15) is 23.3 Å². The molecule has 4 heterocycles. The molecule has 0 aromatic heterocycles. The van der Waals surface area contributed by atoms with Gasteiger partial charge in [-0.2, -0.15) is 0 Å². The lowest BCUT2D eigenvalue weighted by Crippen LogP contribution is -2.58. The molecule has 6 atom stereocenters. The highest BCUT2D eigenvalue weighted by atomic mass is 16.6. The molecule has 0 radical (unpaired) electrons. The molecule has 0 saturated carbocycles. The number of esters is 1. The summed E-state index contributed by atoms with van der Waals surface area (Å²) in [6.07, 6.45) is 8.30. The van der Waals surface area contributed by atoms with Gasteiger partial charge in [0.15, 0.2) is 0 Å². The number of anilines is 1. The van der Waals surface area contributed by atoms with Crippen molar-refractivity contribution in [2.75, 3.05) is 31.8 Å². The molecule has 5 rings (SSSR count). The first-order valence-corrected chi connectivity index (χ1v) is 12.4. The van der Waals surface area contributed by atoms with Gasteiger partial charge in [0.2, 0.25) is 5.91 Å². The lowest BCUT2D eigenvalue weighted by molar-refractivity contribution is -0.160. The summed E-state index contributed by atoms with van der Waals surface area (Å²) in [5.74, 6) is -2.44. The molecule has 1 N–H and O–H groups in total. The number of benzene rings is 1. The number of hydrogen-bond acceptors (Lipinski definition) is 7. The lowest BCUT2D eigenvalue weighted by atomic mass is 9.74. The van der Waals surface area contributed by atoms with Crippen molar-refractivity contribution in [2.45, 2.75) is 50.0 Å². The van der Waals surface area contributed by atoms with Crippen molar-refractivity contribution in [3.05, 3.63) is 48.6 Å². The van der Waals surface area contributed by atoms with Crippen LogP contribution in [0.1, 0.15) is 26.7 Å². The van der Waals surface area contributed by atoms with Crippen LogP contribution in [0.25, 0.3) is 0 Å². The number of ether oxygens (including phenoxy) is 3. The Bertz CT molecular complexity index is 1110. The van der Waals surface area contributed by atoms with E-state index in [0.717, 1.165) is 0 Å². The number of cyclic esters (lactones) is 1. The molecule has 9 nitrogen and oxygen atoms in total. The number of carbonyl (C=O) groups excluding carboxylic acids is 3. The number of nitrogens with zero attached hydrogens (tertiary/aromatic N) is 2. The first-order valence-electron chi connectivity index (χ1n) is 12.4. The number of methoxy groups -OCH3 is 1. The van der Waals surface area contributed by atoms with Crippen LogP contribution in [0.2, 0.25) is 0 Å². The SMILES string of the molecule is CC[C@@H](CO)N1C(=O)[C@@H]2[C@@H]3C(=O)OCCC=C[C@]3(C)O[C@@]23C=CCN(c2ccc(OC)cc2)C(=O)C13. The first kappa shape index (κ1) is 24.5. The Morgan fingerprint density at radius 2 is 1.86 bits per heavy atom. The molecule has 0 bridgehead atoms. The van der Waals surface area contributed by atoms with E-state index in [4.69, 9.17) is 14.2 Å². The predicted octanol–water partition coefficient (Wildman–Crippen LogP) is 1.84. The second-order valence-electron chi connectivity index (χ2n) is 9.90. The second kappa shape index (κ2) is 9.05. The van der Waals surface area contributed by atoms with E-state index in [-0.39, 0.29) is 31.6 Å². The van der Waals surface area contributed by atoms with E-state index < -0.39 is 41.1 Å². The van der Waals surface area contributed by atoms with E-state index in [1.54, 1.807) is 49.3 Å². The van der Waals surface area contributed by atoms with E-state index in [0.29, 0.717) is 24.3 Å². The zero-order valence-corrected chi connectivity index (χ0v) is 20.8. The molecule has 9 heteroatoms. The van der Waals surface area contributed by atoms with E-state index in [2.05, 4.69) is 0 Å². The molecule has 1 aromatic rings. The predicted molar refractivity (Wildman–Crippen MR) is 130 cm³/mol. The Balaban J connectivity index is 1.66. The minimum absolute atomic E-state index is 0.219. The Kier molecular flexibility index (Phi) is 6.16. The van der Waals surface area contributed by atoms with Gasteiger partial charge in [0.05, 0.1) is 37.9 Å². The fraction of sp³-hybridized carbons (Fsp3) is 0.519. The number of amides is 2. The van der Waals surface area contributed by atoms with Crippen LogP contribution >= 0.6 is 0 Å². The van der Waals surface area contributed by atoms with E-state index >= 15 is 0 Å². The lowest BCUT2D eigenvalue weighted by Gasteiger charge is -2.40. The fourth-order valence-electron chi connectivity index (χ4n) is 6.23. The maximum atomic E-state index is 14.3. The van der Waals surface area contributed by atoms with Gasteiger partial charge in [0, 0.05) is 12.2 Å². The van der Waals surface area contributed by atoms with Gasteiger partial charge in [-0.05, 0) is 44.0 Å². The maximum Gasteiger partial charge on any atom is 0.313 e. The van der Waals surface area contributed by atoms with E-state index in [1.807, 2.05) is 25.2 Å². The van der Waals surface area contributed by atoms with Crippen molar-refractivity contribution < 1.29 is 33.7 Å². The standard InChI is InChI=1S/C27H32N2O7/c1-4-17(16-30)29-22-24(32)28(18-8-10-19(34-3)11-9-18)14-7-13-27(22)20(23(29)31)21-25(33)35-15-6-5-12-26(21,2)36-27/h5,7-13,17,20-22,30H,4,6,14-16H2,1-3H3/t17-,20-,21+,22?,26-,27-/m0/s1. The molecule has 2 fully saturated rings. The maximum absolute atomic E-state index is 14.3. The van der Waals surface area contributed by atoms with Crippen molar-refractivity contribution >= 4 is 23.5 Å². The minimum Gasteiger partial charge on any atom is -0.497 e. The average Bonchev–Trinajstić information content (AvgIpc) is 3.19. The summed E-state index contributed by atoms with van der Waals surface area (Å²) >= 11 is 0. The zero-order chi connectivity index (χ0) is 25.7. The topological polar surface area (TPSA) is 106 Å². The van der Waals surface area contributed by atoms with Gasteiger partial charge in [0.25, 0.3) is 5.91 Å². The Morgan fingerprint density at radius 3 is 2.53 bits per heavy atom. The summed E-state index contributed by atoms with van der Waals surface area (Å²) in [6, 6.07) is 5.45. The third-order valence-electron chi connectivity index (χ3n) is 7.92. The van der Waals surface area contributed by atoms with Crippen LogP contribution in [-0.2, 0) is 23.9 Å². The zero-order valence-electron chi connectivity index (χ0n) is 20.8. The highest BCUT2D eigenvalue weighted by Gasteiger charge is 2.75. The van der Waals surface area contributed by atoms with Gasteiger partial charge in [-0.25, -0.2) is 0 Å². The molecule has 192 valence electrons. The molecule has 1 spiro atoms. The molecule has 0 aliphatic carbocycles. The van der Waals surface area contributed by atoms with Gasteiger partial charge < -0.3 is 29.1 Å². The molecular formula is C27H32N2O7. The Labute approximate surface area is 210 Å². The second-order valence-corrected chi connectivity index (χ2v) is 9.90. The molecule has 1 aromatic carbocycles. The quantitative estimate of drug-likeness (QED) is 0.490. The average molecular weight is 497 g/mol. The number of likely N-dealkylation sites (tertiary alicyclic amines) is 1. The van der Waals surface area contributed by atoms with Crippen LogP contribution in [-0.4, -0.2) is 77.9 Å². The van der Waals surface area contributed by atoms with Crippen molar-refractivity contribution in [1.82, 2.24) is 4.90 Å². The third kappa shape index (κ3) is 3.48. The molecular weight excluding hydrogens is 464 g/mol. The van der Waals surface area contributed by atoms with Gasteiger partial charge in [-0.1, -0.05) is 31.2 Å². The number of rotatable bonds is 5. The van der Waals surface area contributed by atoms with Crippen LogP contribution in [0.15, 0.2) is 48.6 Å². The van der Waals surface area contributed by atoms with E-state index in [9.17, 15) is 19.5 Å². The van der Waals surface area contributed by atoms with Crippen molar-refractivity contribution in [2.24, 2.45) is 11.8 Å². The van der Waals surface area contributed by atoms with Crippen LogP contribution in [0.4, 0.5) is 5.69 Å². The van der Waals surface area contributed by atoms with Crippen LogP contribution in [0, 0.1) is 11.8 Å². The number of carbonyl (C=O) groups is 3. The number of fused-ring (bicyclic) bond motifs is 2. The largest absolute Gasteiger partial charge is 0.497 e. The normalized spacial score (nSPS) is 34.3. The summed E-state index contributed by atoms with van der Waals surface area (Å²) in [5.41, 5.74) is -1.86.